The summed E-state index contributed by atoms with van der Waals surface area (Å²) in [5.41, 5.74) is 0. The standard InChI is InChI=1S/C62H117NO8/c1-3-5-7-9-11-13-15-17-19-21-23-25-26-27-28-29-30-31-32-34-36-38-40-42-44-46-48-50-52-58(66)63-55(54-70-62-61(69)60(68)59(67)57(53-64)71-62)56(65)51-49-47-45-43-41-39-37-35-33-24-22-20-18-16-14-12-10-8-6-4-2/h33,35,41,43,49,51,55-57,59-62,64-65,67-69H,3-32,34,36-40,42,44-48,50,52-54H2,1-2H3,(H,63,66)/b35-33+,43-41+,51-49+. The first kappa shape index (κ1) is 67.4. The Morgan fingerprint density at radius 2 is 0.803 bits per heavy atom. The number of allylic oxidation sites excluding steroid dienone is 5. The van der Waals surface area contributed by atoms with E-state index < -0.39 is 49.5 Å². The maximum atomic E-state index is 13.1. The van der Waals surface area contributed by atoms with Crippen molar-refractivity contribution in [2.45, 2.75) is 339 Å². The lowest BCUT2D eigenvalue weighted by Crippen LogP contribution is -2.60. The van der Waals surface area contributed by atoms with Crippen molar-refractivity contribution >= 4 is 5.91 Å². The van der Waals surface area contributed by atoms with Gasteiger partial charge in [0.2, 0.25) is 5.91 Å². The van der Waals surface area contributed by atoms with Crippen LogP contribution in [0.2, 0.25) is 0 Å². The third kappa shape index (κ3) is 41.4. The minimum atomic E-state index is -1.57. The summed E-state index contributed by atoms with van der Waals surface area (Å²) in [6.07, 6.45) is 60.9. The number of amides is 1. The molecule has 7 atom stereocenters. The van der Waals surface area contributed by atoms with Crippen molar-refractivity contribution in [3.63, 3.8) is 0 Å². The SMILES string of the molecule is CCCCCCCCCCCC/C=C/CC/C=C/CC/C=C/C(O)C(COC1OC(CO)C(O)C(O)C1O)NC(=O)CCCCCCCCCCCCCCCCCCCCCCCCCCCCCC. The number of carbonyl (C=O) groups is 1. The fraction of sp³-hybridized carbons (Fsp3) is 0.887. The molecule has 0 radical (unpaired) electrons. The highest BCUT2D eigenvalue weighted by atomic mass is 16.7. The summed E-state index contributed by atoms with van der Waals surface area (Å²) >= 11 is 0. The molecule has 1 aliphatic rings. The second-order valence-electron chi connectivity index (χ2n) is 21.5. The number of hydrogen-bond donors (Lipinski definition) is 6. The highest BCUT2D eigenvalue weighted by Gasteiger charge is 2.44. The fourth-order valence-electron chi connectivity index (χ4n) is 9.84. The van der Waals surface area contributed by atoms with Crippen molar-refractivity contribution in [2.24, 2.45) is 0 Å². The molecule has 1 amide bonds. The van der Waals surface area contributed by atoms with Crippen molar-refractivity contribution < 1.29 is 39.8 Å². The van der Waals surface area contributed by atoms with Gasteiger partial charge in [0.05, 0.1) is 25.4 Å². The molecule has 1 fully saturated rings. The van der Waals surface area contributed by atoms with Crippen LogP contribution in [-0.2, 0) is 14.3 Å². The monoisotopic (exact) mass is 1000 g/mol. The van der Waals surface area contributed by atoms with Crippen LogP contribution < -0.4 is 5.32 Å². The third-order valence-electron chi connectivity index (χ3n) is 14.7. The zero-order chi connectivity index (χ0) is 51.5. The zero-order valence-corrected chi connectivity index (χ0v) is 46.5. The average molecular weight is 1000 g/mol. The molecule has 1 rings (SSSR count). The number of carbonyl (C=O) groups excluding carboxylic acids is 1. The Labute approximate surface area is 438 Å². The number of rotatable bonds is 53. The van der Waals surface area contributed by atoms with Crippen molar-refractivity contribution in [3.05, 3.63) is 36.5 Å². The second kappa shape index (κ2) is 51.9. The summed E-state index contributed by atoms with van der Waals surface area (Å²) in [6.45, 7) is 3.79. The molecular formula is C62H117NO8. The molecular weight excluding hydrogens is 887 g/mol. The molecule has 1 heterocycles. The van der Waals surface area contributed by atoms with Crippen molar-refractivity contribution in [2.75, 3.05) is 13.2 Å². The van der Waals surface area contributed by atoms with E-state index in [2.05, 4.69) is 43.5 Å². The first-order valence-electron chi connectivity index (χ1n) is 30.7. The summed E-state index contributed by atoms with van der Waals surface area (Å²) in [4.78, 5) is 13.1. The molecule has 0 aliphatic carbocycles. The van der Waals surface area contributed by atoms with Gasteiger partial charge in [-0.1, -0.05) is 281 Å². The van der Waals surface area contributed by atoms with Crippen LogP contribution in [-0.4, -0.2) is 87.5 Å². The minimum absolute atomic E-state index is 0.185. The van der Waals surface area contributed by atoms with Crippen LogP contribution in [0.5, 0.6) is 0 Å². The Hall–Kier alpha value is -1.59. The van der Waals surface area contributed by atoms with E-state index in [1.54, 1.807) is 6.08 Å². The largest absolute Gasteiger partial charge is 0.394 e. The normalized spacial score (nSPS) is 19.5. The van der Waals surface area contributed by atoms with Gasteiger partial charge >= 0.3 is 0 Å². The molecule has 0 spiro atoms. The van der Waals surface area contributed by atoms with E-state index in [0.717, 1.165) is 44.9 Å². The number of hydrogen-bond acceptors (Lipinski definition) is 8. The van der Waals surface area contributed by atoms with Crippen LogP contribution in [0.4, 0.5) is 0 Å². The van der Waals surface area contributed by atoms with Crippen LogP contribution in [0.3, 0.4) is 0 Å². The van der Waals surface area contributed by atoms with Gasteiger partial charge in [0.15, 0.2) is 6.29 Å². The van der Waals surface area contributed by atoms with Gasteiger partial charge in [0, 0.05) is 6.42 Å². The maximum absolute atomic E-state index is 13.1. The van der Waals surface area contributed by atoms with Crippen molar-refractivity contribution in [3.8, 4) is 0 Å². The molecule has 0 aromatic rings. The van der Waals surface area contributed by atoms with Crippen LogP contribution >= 0.6 is 0 Å². The van der Waals surface area contributed by atoms with E-state index in [-0.39, 0.29) is 12.5 Å². The van der Waals surface area contributed by atoms with Crippen LogP contribution in [0.15, 0.2) is 36.5 Å². The van der Waals surface area contributed by atoms with Crippen LogP contribution in [0, 0.1) is 0 Å². The number of aliphatic hydroxyl groups is 5. The van der Waals surface area contributed by atoms with E-state index in [1.165, 1.54) is 231 Å². The van der Waals surface area contributed by atoms with Gasteiger partial charge in [0.1, 0.15) is 24.4 Å². The highest BCUT2D eigenvalue weighted by Crippen LogP contribution is 2.23. The van der Waals surface area contributed by atoms with E-state index in [4.69, 9.17) is 9.47 Å². The van der Waals surface area contributed by atoms with Gasteiger partial charge < -0.3 is 40.3 Å². The molecule has 9 nitrogen and oxygen atoms in total. The van der Waals surface area contributed by atoms with E-state index in [9.17, 15) is 30.3 Å². The molecule has 418 valence electrons. The first-order chi connectivity index (χ1) is 34.8. The quantitative estimate of drug-likeness (QED) is 0.0261. The molecule has 1 saturated heterocycles. The lowest BCUT2D eigenvalue weighted by molar-refractivity contribution is -0.302. The Kier molecular flexibility index (Phi) is 49.3. The Balaban J connectivity index is 2.20. The number of ether oxygens (including phenoxy) is 2. The number of unbranched alkanes of at least 4 members (excludes halogenated alkanes) is 39. The molecule has 0 aromatic heterocycles. The van der Waals surface area contributed by atoms with Gasteiger partial charge in [0.25, 0.3) is 0 Å². The topological polar surface area (TPSA) is 149 Å². The summed E-state index contributed by atoms with van der Waals surface area (Å²) in [5.74, 6) is -0.185. The Bertz CT molecular complexity index is 1210. The van der Waals surface area contributed by atoms with Gasteiger partial charge in [-0.2, -0.15) is 0 Å². The van der Waals surface area contributed by atoms with Crippen molar-refractivity contribution in [1.29, 1.82) is 0 Å². The fourth-order valence-corrected chi connectivity index (χ4v) is 9.84. The lowest BCUT2D eigenvalue weighted by atomic mass is 9.99. The molecule has 0 bridgehead atoms. The maximum Gasteiger partial charge on any atom is 0.220 e. The predicted octanol–water partition coefficient (Wildman–Crippen LogP) is 15.5. The summed E-state index contributed by atoms with van der Waals surface area (Å²) < 4.78 is 11.3. The van der Waals surface area contributed by atoms with Gasteiger partial charge in [-0.05, 0) is 44.9 Å². The predicted molar refractivity (Wildman–Crippen MR) is 300 cm³/mol. The van der Waals surface area contributed by atoms with Gasteiger partial charge in [-0.15, -0.1) is 0 Å². The third-order valence-corrected chi connectivity index (χ3v) is 14.7. The minimum Gasteiger partial charge on any atom is -0.394 e. The van der Waals surface area contributed by atoms with Gasteiger partial charge in [-0.3, -0.25) is 4.79 Å². The first-order valence-corrected chi connectivity index (χ1v) is 30.7. The summed E-state index contributed by atoms with van der Waals surface area (Å²) in [5, 5.41) is 54.5. The molecule has 71 heavy (non-hydrogen) atoms. The smallest absolute Gasteiger partial charge is 0.220 e. The van der Waals surface area contributed by atoms with E-state index in [0.29, 0.717) is 6.42 Å². The average Bonchev–Trinajstić information content (AvgIpc) is 3.37. The summed E-state index contributed by atoms with van der Waals surface area (Å²) in [6, 6.07) is -0.826. The Morgan fingerprint density at radius 3 is 1.18 bits per heavy atom. The lowest BCUT2D eigenvalue weighted by Gasteiger charge is -2.40. The number of nitrogens with one attached hydrogen (secondary N) is 1. The molecule has 7 unspecified atom stereocenters. The van der Waals surface area contributed by atoms with E-state index in [1.807, 2.05) is 6.08 Å². The van der Waals surface area contributed by atoms with Gasteiger partial charge in [-0.25, -0.2) is 0 Å². The van der Waals surface area contributed by atoms with Crippen molar-refractivity contribution in [1.82, 2.24) is 5.32 Å². The van der Waals surface area contributed by atoms with Crippen LogP contribution in [0.1, 0.15) is 296 Å². The van der Waals surface area contributed by atoms with E-state index >= 15 is 0 Å². The highest BCUT2D eigenvalue weighted by molar-refractivity contribution is 5.76. The second-order valence-corrected chi connectivity index (χ2v) is 21.5. The van der Waals surface area contributed by atoms with Crippen LogP contribution in [0.25, 0.3) is 0 Å². The molecule has 9 heteroatoms. The zero-order valence-electron chi connectivity index (χ0n) is 46.5. The Morgan fingerprint density at radius 1 is 0.465 bits per heavy atom. The molecule has 6 N–H and O–H groups in total. The molecule has 0 aromatic carbocycles. The number of aliphatic hydroxyl groups excluding tert-OH is 5. The molecule has 0 saturated carbocycles. The summed E-state index contributed by atoms with van der Waals surface area (Å²) in [7, 11) is 0. The molecule has 1 aliphatic heterocycles.